The molecule has 1 aromatic heterocycles. The first-order valence-corrected chi connectivity index (χ1v) is 6.05. The molecule has 0 aliphatic rings. The van der Waals surface area contributed by atoms with Gasteiger partial charge in [-0.15, -0.1) is 0 Å². The maximum Gasteiger partial charge on any atom is 0.149 e. The third-order valence-electron chi connectivity index (χ3n) is 2.41. The quantitative estimate of drug-likeness (QED) is 0.538. The SMILES string of the molecule is CC(C)(C)NCCc1cccnc1N(N)/C=C\N. The average molecular weight is 249 g/mol. The number of aromatic nitrogens is 1. The van der Waals surface area contributed by atoms with Crippen LogP contribution in [0.1, 0.15) is 26.3 Å². The molecule has 5 nitrogen and oxygen atoms in total. The fourth-order valence-corrected chi connectivity index (χ4v) is 1.59. The van der Waals surface area contributed by atoms with Crippen molar-refractivity contribution in [3.05, 3.63) is 36.3 Å². The van der Waals surface area contributed by atoms with Crippen molar-refractivity contribution in [2.24, 2.45) is 11.6 Å². The first kappa shape index (κ1) is 14.5. The van der Waals surface area contributed by atoms with Crippen molar-refractivity contribution in [2.45, 2.75) is 32.7 Å². The Hall–Kier alpha value is -1.59. The molecule has 0 fully saturated rings. The molecule has 0 amide bonds. The lowest BCUT2D eigenvalue weighted by Gasteiger charge is -2.21. The van der Waals surface area contributed by atoms with Gasteiger partial charge in [-0.1, -0.05) is 6.07 Å². The smallest absolute Gasteiger partial charge is 0.149 e. The third kappa shape index (κ3) is 4.73. The van der Waals surface area contributed by atoms with Crippen LogP contribution in [0, 0.1) is 0 Å². The summed E-state index contributed by atoms with van der Waals surface area (Å²) in [6.45, 7) is 7.30. The number of nitrogens with two attached hydrogens (primary N) is 2. The largest absolute Gasteiger partial charge is 0.403 e. The van der Waals surface area contributed by atoms with Crippen molar-refractivity contribution in [1.29, 1.82) is 0 Å². The fourth-order valence-electron chi connectivity index (χ4n) is 1.59. The molecule has 1 aromatic rings. The fraction of sp³-hybridized carbons (Fsp3) is 0.462. The van der Waals surface area contributed by atoms with Crippen molar-refractivity contribution in [3.63, 3.8) is 0 Å². The van der Waals surface area contributed by atoms with E-state index in [9.17, 15) is 0 Å². The molecule has 0 saturated carbocycles. The zero-order valence-corrected chi connectivity index (χ0v) is 11.4. The number of hydrogen-bond acceptors (Lipinski definition) is 5. The topological polar surface area (TPSA) is 80.2 Å². The van der Waals surface area contributed by atoms with Crippen LogP contribution >= 0.6 is 0 Å². The second-order valence-corrected chi connectivity index (χ2v) is 5.16. The number of rotatable bonds is 5. The van der Waals surface area contributed by atoms with Crippen LogP contribution in [0.25, 0.3) is 0 Å². The number of hydrogen-bond donors (Lipinski definition) is 3. The highest BCUT2D eigenvalue weighted by molar-refractivity contribution is 5.47. The van der Waals surface area contributed by atoms with E-state index in [0.29, 0.717) is 0 Å². The number of nitrogens with zero attached hydrogens (tertiary/aromatic N) is 2. The van der Waals surface area contributed by atoms with Gasteiger partial charge in [-0.2, -0.15) is 0 Å². The molecular weight excluding hydrogens is 226 g/mol. The molecule has 1 rings (SSSR count). The Morgan fingerprint density at radius 2 is 2.17 bits per heavy atom. The molecule has 0 aliphatic carbocycles. The molecule has 0 spiro atoms. The summed E-state index contributed by atoms with van der Waals surface area (Å²) >= 11 is 0. The monoisotopic (exact) mass is 249 g/mol. The third-order valence-corrected chi connectivity index (χ3v) is 2.41. The Labute approximate surface area is 109 Å². The molecule has 5 N–H and O–H groups in total. The van der Waals surface area contributed by atoms with Gasteiger partial charge in [-0.25, -0.2) is 10.8 Å². The van der Waals surface area contributed by atoms with Crippen LogP contribution in [0.5, 0.6) is 0 Å². The molecule has 0 saturated heterocycles. The van der Waals surface area contributed by atoms with Crippen molar-refractivity contribution < 1.29 is 0 Å². The van der Waals surface area contributed by atoms with E-state index in [4.69, 9.17) is 11.6 Å². The molecule has 1 heterocycles. The molecule has 0 unspecified atom stereocenters. The van der Waals surface area contributed by atoms with Crippen LogP contribution in [0.4, 0.5) is 5.82 Å². The highest BCUT2D eigenvalue weighted by Crippen LogP contribution is 2.15. The molecule has 0 bridgehead atoms. The predicted molar refractivity (Wildman–Crippen MR) is 75.7 cm³/mol. The molecule has 0 aromatic carbocycles. The number of nitrogens with one attached hydrogen (secondary N) is 1. The van der Waals surface area contributed by atoms with E-state index in [1.807, 2.05) is 12.1 Å². The number of anilines is 1. The second kappa shape index (κ2) is 6.37. The average Bonchev–Trinajstić information content (AvgIpc) is 2.28. The number of pyridine rings is 1. The molecule has 100 valence electrons. The highest BCUT2D eigenvalue weighted by Gasteiger charge is 2.10. The lowest BCUT2D eigenvalue weighted by atomic mass is 10.1. The van der Waals surface area contributed by atoms with E-state index < -0.39 is 0 Å². The van der Waals surface area contributed by atoms with Crippen molar-refractivity contribution in [2.75, 3.05) is 11.6 Å². The van der Waals surface area contributed by atoms with Crippen molar-refractivity contribution in [3.8, 4) is 0 Å². The summed E-state index contributed by atoms with van der Waals surface area (Å²) in [5.41, 5.74) is 6.54. The van der Waals surface area contributed by atoms with Crippen molar-refractivity contribution >= 4 is 5.82 Å². The predicted octanol–water partition coefficient (Wildman–Crippen LogP) is 1.12. The normalized spacial score (nSPS) is 12.0. The Kier molecular flexibility index (Phi) is 5.12. The first-order chi connectivity index (χ1) is 8.44. The summed E-state index contributed by atoms with van der Waals surface area (Å²) in [5, 5.41) is 4.88. The zero-order valence-electron chi connectivity index (χ0n) is 11.4. The molecule has 5 heteroatoms. The Morgan fingerprint density at radius 3 is 2.78 bits per heavy atom. The molecular formula is C13H23N5. The summed E-state index contributed by atoms with van der Waals surface area (Å²) in [6, 6.07) is 3.94. The highest BCUT2D eigenvalue weighted by atomic mass is 15.4. The molecule has 18 heavy (non-hydrogen) atoms. The summed E-state index contributed by atoms with van der Waals surface area (Å²) in [6.07, 6.45) is 5.57. The van der Waals surface area contributed by atoms with Gasteiger partial charge >= 0.3 is 0 Å². The Bertz CT molecular complexity index is 395. The van der Waals surface area contributed by atoms with Gasteiger partial charge < -0.3 is 11.1 Å². The van der Waals surface area contributed by atoms with E-state index in [2.05, 4.69) is 31.1 Å². The van der Waals surface area contributed by atoms with Crippen LogP contribution in [-0.4, -0.2) is 17.1 Å². The molecule has 0 radical (unpaired) electrons. The van der Waals surface area contributed by atoms with Gasteiger partial charge in [0, 0.05) is 24.1 Å². The minimum absolute atomic E-state index is 0.113. The Morgan fingerprint density at radius 1 is 1.44 bits per heavy atom. The Balaban J connectivity index is 2.70. The second-order valence-electron chi connectivity index (χ2n) is 5.16. The van der Waals surface area contributed by atoms with Gasteiger partial charge in [-0.3, -0.25) is 5.01 Å². The maximum absolute atomic E-state index is 5.85. The standard InChI is InChI=1S/C13H23N5/c1-13(2,3)17-9-6-11-5-4-8-16-12(11)18(15)10-7-14/h4-5,7-8,10,17H,6,9,14-15H2,1-3H3/b10-7-. The number of hydrazine groups is 1. The van der Waals surface area contributed by atoms with E-state index >= 15 is 0 Å². The van der Waals surface area contributed by atoms with E-state index in [1.165, 1.54) is 11.2 Å². The zero-order chi connectivity index (χ0) is 13.6. The van der Waals surface area contributed by atoms with Crippen LogP contribution in [-0.2, 0) is 6.42 Å². The van der Waals surface area contributed by atoms with Gasteiger partial charge in [0.1, 0.15) is 5.82 Å². The summed E-state index contributed by atoms with van der Waals surface area (Å²) < 4.78 is 0. The molecule has 0 atom stereocenters. The van der Waals surface area contributed by atoms with Crippen LogP contribution in [0.3, 0.4) is 0 Å². The van der Waals surface area contributed by atoms with Crippen LogP contribution in [0.2, 0.25) is 0 Å². The lowest BCUT2D eigenvalue weighted by molar-refractivity contribution is 0.429. The summed E-state index contributed by atoms with van der Waals surface area (Å²) in [7, 11) is 0. The van der Waals surface area contributed by atoms with Gasteiger partial charge in [0.15, 0.2) is 0 Å². The van der Waals surface area contributed by atoms with E-state index in [0.717, 1.165) is 24.3 Å². The van der Waals surface area contributed by atoms with Gasteiger partial charge in [0.25, 0.3) is 0 Å². The minimum Gasteiger partial charge on any atom is -0.403 e. The van der Waals surface area contributed by atoms with Gasteiger partial charge in [0.05, 0.1) is 0 Å². The molecule has 0 aliphatic heterocycles. The van der Waals surface area contributed by atoms with Crippen LogP contribution < -0.4 is 21.9 Å². The minimum atomic E-state index is 0.113. The first-order valence-electron chi connectivity index (χ1n) is 6.05. The van der Waals surface area contributed by atoms with Gasteiger partial charge in [0.2, 0.25) is 0 Å². The lowest BCUT2D eigenvalue weighted by Crippen LogP contribution is -2.37. The van der Waals surface area contributed by atoms with Gasteiger partial charge in [-0.05, 0) is 45.4 Å². The summed E-state index contributed by atoms with van der Waals surface area (Å²) in [5.74, 6) is 6.58. The van der Waals surface area contributed by atoms with E-state index in [-0.39, 0.29) is 5.54 Å². The van der Waals surface area contributed by atoms with Crippen molar-refractivity contribution in [1.82, 2.24) is 10.3 Å². The van der Waals surface area contributed by atoms with Crippen LogP contribution in [0.15, 0.2) is 30.7 Å². The maximum atomic E-state index is 5.85. The summed E-state index contributed by atoms with van der Waals surface area (Å²) in [4.78, 5) is 4.28. The van der Waals surface area contributed by atoms with E-state index in [1.54, 1.807) is 12.4 Å².